The molecule has 0 fully saturated rings. The summed E-state index contributed by atoms with van der Waals surface area (Å²) in [5.74, 6) is -0.865. The third kappa shape index (κ3) is 5.31. The number of ketones is 1. The Balaban J connectivity index is 0.000000491. The minimum atomic E-state index is -0.833. The fourth-order valence-electron chi connectivity index (χ4n) is 1.60. The Hall–Kier alpha value is -2.27. The molecule has 0 spiro atoms. The van der Waals surface area contributed by atoms with Crippen LogP contribution in [0.15, 0.2) is 53.4 Å². The van der Waals surface area contributed by atoms with E-state index < -0.39 is 5.97 Å². The zero-order valence-corrected chi connectivity index (χ0v) is 12.7. The number of carbonyl (C=O) groups excluding carboxylic acids is 1. The van der Waals surface area contributed by atoms with Gasteiger partial charge in [0.1, 0.15) is 0 Å². The lowest BCUT2D eigenvalue weighted by atomic mass is 10.0. The molecular formula is C16H17NO3S. The summed E-state index contributed by atoms with van der Waals surface area (Å²) in [5.41, 5.74) is 7.54. The summed E-state index contributed by atoms with van der Waals surface area (Å²) in [6.45, 7) is 1.08. The number of para-hydroxylation sites is 1. The molecule has 0 saturated heterocycles. The normalized spacial score (nSPS) is 9.43. The molecule has 0 heterocycles. The smallest absolute Gasteiger partial charge is 0.300 e. The van der Waals surface area contributed by atoms with E-state index in [1.54, 1.807) is 23.9 Å². The minimum Gasteiger partial charge on any atom is -0.481 e. The van der Waals surface area contributed by atoms with Gasteiger partial charge in [0.25, 0.3) is 5.97 Å². The van der Waals surface area contributed by atoms with Crippen molar-refractivity contribution in [1.82, 2.24) is 0 Å². The number of rotatable bonds is 3. The largest absolute Gasteiger partial charge is 0.481 e. The summed E-state index contributed by atoms with van der Waals surface area (Å²) in [4.78, 5) is 22.3. The van der Waals surface area contributed by atoms with Crippen LogP contribution in [-0.2, 0) is 4.79 Å². The molecule has 4 nitrogen and oxygen atoms in total. The number of hydrogen-bond acceptors (Lipinski definition) is 4. The van der Waals surface area contributed by atoms with Crippen molar-refractivity contribution in [2.24, 2.45) is 0 Å². The molecule has 2 aromatic carbocycles. The molecule has 0 radical (unpaired) electrons. The Morgan fingerprint density at radius 2 is 1.57 bits per heavy atom. The second-order valence-corrected chi connectivity index (χ2v) is 5.04. The first kappa shape index (κ1) is 16.8. The van der Waals surface area contributed by atoms with Crippen molar-refractivity contribution in [2.45, 2.75) is 11.8 Å². The van der Waals surface area contributed by atoms with Crippen LogP contribution >= 0.6 is 11.8 Å². The van der Waals surface area contributed by atoms with Gasteiger partial charge in [-0.1, -0.05) is 12.1 Å². The maximum Gasteiger partial charge on any atom is 0.300 e. The number of nitrogens with two attached hydrogens (primary N) is 1. The number of thioether (sulfide) groups is 1. The van der Waals surface area contributed by atoms with Crippen molar-refractivity contribution in [1.29, 1.82) is 0 Å². The number of aliphatic carboxylic acids is 1. The Morgan fingerprint density at radius 1 is 1.05 bits per heavy atom. The topological polar surface area (TPSA) is 80.4 Å². The molecule has 21 heavy (non-hydrogen) atoms. The van der Waals surface area contributed by atoms with E-state index in [2.05, 4.69) is 0 Å². The van der Waals surface area contributed by atoms with E-state index in [4.69, 9.17) is 15.6 Å². The molecule has 0 unspecified atom stereocenters. The number of anilines is 1. The number of nitrogen functional groups attached to an aromatic ring is 1. The Bertz CT molecular complexity index is 620. The third-order valence-electron chi connectivity index (χ3n) is 2.56. The SMILES string of the molecule is CC(=O)O.CSc1ccc(C(=O)c2ccccc2N)cc1. The Labute approximate surface area is 128 Å². The number of carboxylic acid groups (broad SMARTS) is 1. The summed E-state index contributed by atoms with van der Waals surface area (Å²) < 4.78 is 0. The van der Waals surface area contributed by atoms with Gasteiger partial charge in [-0.25, -0.2) is 0 Å². The van der Waals surface area contributed by atoms with Crippen LogP contribution in [0.5, 0.6) is 0 Å². The number of carboxylic acids is 1. The molecule has 3 N–H and O–H groups in total. The minimum absolute atomic E-state index is 0.0317. The van der Waals surface area contributed by atoms with E-state index in [-0.39, 0.29) is 5.78 Å². The molecule has 0 amide bonds. The fourth-order valence-corrected chi connectivity index (χ4v) is 2.01. The van der Waals surface area contributed by atoms with Gasteiger partial charge in [0.2, 0.25) is 0 Å². The van der Waals surface area contributed by atoms with Crippen molar-refractivity contribution in [3.63, 3.8) is 0 Å². The molecule has 2 rings (SSSR count). The van der Waals surface area contributed by atoms with Crippen LogP contribution in [0.25, 0.3) is 0 Å². The summed E-state index contributed by atoms with van der Waals surface area (Å²) in [6.07, 6.45) is 2.01. The Kier molecular flexibility index (Phi) is 6.49. The van der Waals surface area contributed by atoms with Gasteiger partial charge >= 0.3 is 0 Å². The number of carbonyl (C=O) groups is 2. The van der Waals surface area contributed by atoms with Crippen molar-refractivity contribution >= 4 is 29.2 Å². The highest BCUT2D eigenvalue weighted by Crippen LogP contribution is 2.19. The lowest BCUT2D eigenvalue weighted by molar-refractivity contribution is -0.134. The van der Waals surface area contributed by atoms with Gasteiger partial charge < -0.3 is 10.8 Å². The summed E-state index contributed by atoms with van der Waals surface area (Å²) >= 11 is 1.65. The molecule has 0 saturated carbocycles. The standard InChI is InChI=1S/C14H13NOS.C2H4O2/c1-17-11-8-6-10(7-9-11)14(16)12-4-2-3-5-13(12)15;1-2(3)4/h2-9H,15H2,1H3;1H3,(H,3,4). The van der Waals surface area contributed by atoms with Gasteiger partial charge in [-0.3, -0.25) is 9.59 Å². The third-order valence-corrected chi connectivity index (χ3v) is 3.30. The average Bonchev–Trinajstić information content (AvgIpc) is 2.46. The Morgan fingerprint density at radius 3 is 2.05 bits per heavy atom. The zero-order chi connectivity index (χ0) is 15.8. The average molecular weight is 303 g/mol. The first-order valence-corrected chi connectivity index (χ1v) is 7.41. The second kappa shape index (κ2) is 8.11. The molecule has 0 aliphatic heterocycles. The summed E-state index contributed by atoms with van der Waals surface area (Å²) in [6, 6.07) is 14.7. The van der Waals surface area contributed by atoms with Gasteiger partial charge in [0, 0.05) is 28.6 Å². The van der Waals surface area contributed by atoms with E-state index >= 15 is 0 Å². The summed E-state index contributed by atoms with van der Waals surface area (Å²) in [7, 11) is 0. The molecule has 0 aliphatic carbocycles. The van der Waals surface area contributed by atoms with Crippen molar-refractivity contribution < 1.29 is 14.7 Å². The molecule has 110 valence electrons. The fraction of sp³-hybridized carbons (Fsp3) is 0.125. The highest BCUT2D eigenvalue weighted by Gasteiger charge is 2.11. The van der Waals surface area contributed by atoms with Gasteiger partial charge in [-0.2, -0.15) is 0 Å². The predicted octanol–water partition coefficient (Wildman–Crippen LogP) is 3.31. The first-order chi connectivity index (χ1) is 9.95. The van der Waals surface area contributed by atoms with Crippen molar-refractivity contribution in [3.05, 3.63) is 59.7 Å². The molecule has 5 heteroatoms. The van der Waals surface area contributed by atoms with E-state index in [0.717, 1.165) is 11.8 Å². The van der Waals surface area contributed by atoms with Gasteiger partial charge in [0.15, 0.2) is 5.78 Å². The van der Waals surface area contributed by atoms with Crippen LogP contribution in [0.2, 0.25) is 0 Å². The molecule has 0 bridgehead atoms. The van der Waals surface area contributed by atoms with Crippen molar-refractivity contribution in [2.75, 3.05) is 12.0 Å². The number of hydrogen-bond donors (Lipinski definition) is 2. The van der Waals surface area contributed by atoms with Gasteiger partial charge in [0.05, 0.1) is 0 Å². The molecule has 0 aromatic heterocycles. The van der Waals surface area contributed by atoms with Crippen LogP contribution in [0.3, 0.4) is 0 Å². The molecular weight excluding hydrogens is 286 g/mol. The van der Waals surface area contributed by atoms with Gasteiger partial charge in [-0.05, 0) is 42.7 Å². The van der Waals surface area contributed by atoms with Crippen molar-refractivity contribution in [3.8, 4) is 0 Å². The molecule has 0 aliphatic rings. The van der Waals surface area contributed by atoms with Crippen LogP contribution in [0.4, 0.5) is 5.69 Å². The first-order valence-electron chi connectivity index (χ1n) is 6.18. The summed E-state index contributed by atoms with van der Waals surface area (Å²) in [5, 5.41) is 7.42. The van der Waals surface area contributed by atoms with Crippen LogP contribution < -0.4 is 5.73 Å². The lowest BCUT2D eigenvalue weighted by Crippen LogP contribution is -2.04. The number of benzene rings is 2. The quantitative estimate of drug-likeness (QED) is 0.516. The maximum atomic E-state index is 12.2. The molecule has 0 atom stereocenters. The predicted molar refractivity (Wildman–Crippen MR) is 85.8 cm³/mol. The van der Waals surface area contributed by atoms with Crippen LogP contribution in [0, 0.1) is 0 Å². The van der Waals surface area contributed by atoms with E-state index in [1.165, 1.54) is 0 Å². The monoisotopic (exact) mass is 303 g/mol. The van der Waals surface area contributed by atoms with E-state index in [9.17, 15) is 4.79 Å². The van der Waals surface area contributed by atoms with E-state index in [0.29, 0.717) is 16.8 Å². The maximum absolute atomic E-state index is 12.2. The second-order valence-electron chi connectivity index (χ2n) is 4.16. The van der Waals surface area contributed by atoms with Crippen LogP contribution in [0.1, 0.15) is 22.8 Å². The van der Waals surface area contributed by atoms with Crippen LogP contribution in [-0.4, -0.2) is 23.1 Å². The lowest BCUT2D eigenvalue weighted by Gasteiger charge is -2.05. The highest BCUT2D eigenvalue weighted by molar-refractivity contribution is 7.98. The molecule has 2 aromatic rings. The highest BCUT2D eigenvalue weighted by atomic mass is 32.2. The van der Waals surface area contributed by atoms with Gasteiger partial charge in [-0.15, -0.1) is 11.8 Å². The zero-order valence-electron chi connectivity index (χ0n) is 11.9. The van der Waals surface area contributed by atoms with E-state index in [1.807, 2.05) is 42.7 Å².